The van der Waals surface area contributed by atoms with Gasteiger partial charge in [-0.05, 0) is 26.0 Å². The summed E-state index contributed by atoms with van der Waals surface area (Å²) in [6.45, 7) is 4.01. The van der Waals surface area contributed by atoms with Crippen molar-refractivity contribution in [1.29, 1.82) is 0 Å². The van der Waals surface area contributed by atoms with Crippen LogP contribution in [-0.2, 0) is 16.0 Å². The number of rotatable bonds is 5. The van der Waals surface area contributed by atoms with Gasteiger partial charge in [-0.2, -0.15) is 0 Å². The third-order valence-electron chi connectivity index (χ3n) is 1.58. The summed E-state index contributed by atoms with van der Waals surface area (Å²) in [6, 6.07) is 3.68. The van der Waals surface area contributed by atoms with Gasteiger partial charge in [0, 0.05) is 11.3 Å². The Morgan fingerprint density at radius 3 is 2.79 bits per heavy atom. The molecule has 0 aliphatic carbocycles. The van der Waals surface area contributed by atoms with E-state index in [0.717, 1.165) is 9.21 Å². The summed E-state index contributed by atoms with van der Waals surface area (Å²) in [5, 5.41) is 0. The molecule has 2 nitrogen and oxygen atoms in total. The maximum atomic E-state index is 11.4. The van der Waals surface area contributed by atoms with Crippen LogP contribution in [0.1, 0.15) is 18.7 Å². The van der Waals surface area contributed by atoms with Gasteiger partial charge in [0.2, 0.25) is 0 Å². The molecule has 14 heavy (non-hydrogen) atoms. The smallest absolute Gasteiger partial charge is 0.163 e. The lowest BCUT2D eigenvalue weighted by Gasteiger charge is -2.05. The zero-order chi connectivity index (χ0) is 10.6. The van der Waals surface area contributed by atoms with E-state index >= 15 is 0 Å². The molecular weight excluding hydrogens is 220 g/mol. The summed E-state index contributed by atoms with van der Waals surface area (Å²) >= 11 is 7.19. The summed E-state index contributed by atoms with van der Waals surface area (Å²) in [6.07, 6.45) is 0.523. The van der Waals surface area contributed by atoms with Gasteiger partial charge in [-0.15, -0.1) is 11.3 Å². The van der Waals surface area contributed by atoms with Crippen molar-refractivity contribution in [3.8, 4) is 0 Å². The molecule has 1 aromatic heterocycles. The van der Waals surface area contributed by atoms with Crippen LogP contribution in [0.5, 0.6) is 0 Å². The Balaban J connectivity index is 2.34. The Morgan fingerprint density at radius 1 is 1.57 bits per heavy atom. The van der Waals surface area contributed by atoms with E-state index in [1.807, 2.05) is 19.9 Å². The Labute approximate surface area is 92.8 Å². The Hall–Kier alpha value is -0.380. The van der Waals surface area contributed by atoms with Crippen LogP contribution < -0.4 is 0 Å². The topological polar surface area (TPSA) is 26.3 Å². The monoisotopic (exact) mass is 232 g/mol. The van der Waals surface area contributed by atoms with Gasteiger partial charge in [0.15, 0.2) is 5.78 Å². The van der Waals surface area contributed by atoms with Crippen LogP contribution in [0.2, 0.25) is 4.34 Å². The van der Waals surface area contributed by atoms with Crippen LogP contribution in [0.25, 0.3) is 0 Å². The number of hydrogen-bond acceptors (Lipinski definition) is 3. The molecule has 0 atom stereocenters. The van der Waals surface area contributed by atoms with Crippen molar-refractivity contribution >= 4 is 28.7 Å². The number of ketones is 1. The lowest BCUT2D eigenvalue weighted by atomic mass is 10.2. The van der Waals surface area contributed by atoms with Gasteiger partial charge in [-0.1, -0.05) is 11.6 Å². The van der Waals surface area contributed by atoms with Crippen LogP contribution in [0.4, 0.5) is 0 Å². The molecule has 1 aromatic rings. The zero-order valence-electron chi connectivity index (χ0n) is 8.25. The minimum atomic E-state index is 0.0946. The fraction of sp³-hybridized carbons (Fsp3) is 0.500. The molecule has 0 radical (unpaired) electrons. The average Bonchev–Trinajstić information content (AvgIpc) is 2.48. The molecule has 78 valence electrons. The van der Waals surface area contributed by atoms with E-state index in [9.17, 15) is 4.79 Å². The minimum Gasteiger partial charge on any atom is -0.371 e. The highest BCUT2D eigenvalue weighted by Crippen LogP contribution is 2.21. The van der Waals surface area contributed by atoms with Crippen molar-refractivity contribution in [2.24, 2.45) is 0 Å². The van der Waals surface area contributed by atoms with E-state index in [2.05, 4.69) is 0 Å². The highest BCUT2D eigenvalue weighted by molar-refractivity contribution is 7.16. The minimum absolute atomic E-state index is 0.0946. The number of Topliss-reactive ketones (excluding diaryl/α,β-unsaturated/α-hetero) is 1. The second-order valence-electron chi connectivity index (χ2n) is 3.28. The quantitative estimate of drug-likeness (QED) is 0.780. The molecule has 0 saturated carbocycles. The third-order valence-corrected chi connectivity index (χ3v) is 2.81. The molecule has 0 bridgehead atoms. The number of thiophene rings is 1. The first kappa shape index (κ1) is 11.7. The van der Waals surface area contributed by atoms with Gasteiger partial charge in [-0.3, -0.25) is 4.79 Å². The number of carbonyl (C=O) groups excluding carboxylic acids is 1. The molecule has 0 aliphatic rings. The molecule has 0 aromatic carbocycles. The van der Waals surface area contributed by atoms with Crippen molar-refractivity contribution in [3.63, 3.8) is 0 Å². The van der Waals surface area contributed by atoms with Crippen molar-refractivity contribution in [2.45, 2.75) is 26.4 Å². The number of halogens is 1. The van der Waals surface area contributed by atoms with E-state index in [0.29, 0.717) is 6.42 Å². The van der Waals surface area contributed by atoms with Crippen molar-refractivity contribution in [2.75, 3.05) is 6.61 Å². The number of carbonyl (C=O) groups is 1. The van der Waals surface area contributed by atoms with Crippen LogP contribution >= 0.6 is 22.9 Å². The Morgan fingerprint density at radius 2 is 2.29 bits per heavy atom. The molecule has 0 N–H and O–H groups in total. The summed E-state index contributed by atoms with van der Waals surface area (Å²) in [5.74, 6) is 0.0946. The van der Waals surface area contributed by atoms with E-state index in [1.54, 1.807) is 6.07 Å². The molecular formula is C10H13ClO2S. The predicted molar refractivity (Wildman–Crippen MR) is 59.1 cm³/mol. The highest BCUT2D eigenvalue weighted by Gasteiger charge is 2.07. The zero-order valence-corrected chi connectivity index (χ0v) is 9.82. The highest BCUT2D eigenvalue weighted by atomic mass is 35.5. The van der Waals surface area contributed by atoms with Crippen molar-refractivity contribution in [1.82, 2.24) is 0 Å². The van der Waals surface area contributed by atoms with Crippen LogP contribution in [-0.4, -0.2) is 18.5 Å². The standard InChI is InChI=1S/C10H13ClO2S/c1-7(2)13-6-8(12)5-9-3-4-10(11)14-9/h3-4,7H,5-6H2,1-2H3. The second kappa shape index (κ2) is 5.49. The molecule has 0 aliphatic heterocycles. The average molecular weight is 233 g/mol. The molecule has 4 heteroatoms. The summed E-state index contributed by atoms with van der Waals surface area (Å²) < 4.78 is 5.92. The Kier molecular flexibility index (Phi) is 4.58. The van der Waals surface area contributed by atoms with E-state index in [4.69, 9.17) is 16.3 Å². The van der Waals surface area contributed by atoms with Crippen molar-refractivity contribution < 1.29 is 9.53 Å². The Bertz CT molecular complexity index is 307. The van der Waals surface area contributed by atoms with Gasteiger partial charge in [0.25, 0.3) is 0 Å². The lowest BCUT2D eigenvalue weighted by molar-refractivity contribution is -0.124. The van der Waals surface area contributed by atoms with Gasteiger partial charge in [0.1, 0.15) is 6.61 Å². The number of ether oxygens (including phenoxy) is 1. The van der Waals surface area contributed by atoms with Crippen LogP contribution in [0.15, 0.2) is 12.1 Å². The largest absolute Gasteiger partial charge is 0.371 e. The first-order valence-corrected chi connectivity index (χ1v) is 5.65. The molecule has 1 rings (SSSR count). The first-order valence-electron chi connectivity index (χ1n) is 4.45. The predicted octanol–water partition coefficient (Wildman–Crippen LogP) is 2.94. The first-order chi connectivity index (χ1) is 6.58. The van der Waals surface area contributed by atoms with Gasteiger partial charge >= 0.3 is 0 Å². The molecule has 0 fully saturated rings. The fourth-order valence-corrected chi connectivity index (χ4v) is 2.07. The van der Waals surface area contributed by atoms with Gasteiger partial charge in [0.05, 0.1) is 10.4 Å². The lowest BCUT2D eigenvalue weighted by Crippen LogP contribution is -2.14. The normalized spacial score (nSPS) is 10.9. The maximum absolute atomic E-state index is 11.4. The van der Waals surface area contributed by atoms with Gasteiger partial charge in [-0.25, -0.2) is 0 Å². The molecule has 0 spiro atoms. The molecule has 0 unspecified atom stereocenters. The number of hydrogen-bond donors (Lipinski definition) is 0. The van der Waals surface area contributed by atoms with Crippen molar-refractivity contribution in [3.05, 3.63) is 21.3 Å². The molecule has 0 amide bonds. The molecule has 0 saturated heterocycles. The van der Waals surface area contributed by atoms with E-state index in [1.165, 1.54) is 11.3 Å². The third kappa shape index (κ3) is 4.22. The summed E-state index contributed by atoms with van der Waals surface area (Å²) in [5.41, 5.74) is 0. The summed E-state index contributed by atoms with van der Waals surface area (Å²) in [7, 11) is 0. The van der Waals surface area contributed by atoms with Gasteiger partial charge < -0.3 is 4.74 Å². The maximum Gasteiger partial charge on any atom is 0.163 e. The SMILES string of the molecule is CC(C)OCC(=O)Cc1ccc(Cl)s1. The van der Waals surface area contributed by atoms with Crippen LogP contribution in [0, 0.1) is 0 Å². The fourth-order valence-electron chi connectivity index (χ4n) is 0.952. The van der Waals surface area contributed by atoms with E-state index < -0.39 is 0 Å². The van der Waals surface area contributed by atoms with E-state index in [-0.39, 0.29) is 18.5 Å². The summed E-state index contributed by atoms with van der Waals surface area (Å²) in [4.78, 5) is 12.4. The molecule has 1 heterocycles. The van der Waals surface area contributed by atoms with Crippen LogP contribution in [0.3, 0.4) is 0 Å². The second-order valence-corrected chi connectivity index (χ2v) is 5.08.